The van der Waals surface area contributed by atoms with Gasteiger partial charge in [0.2, 0.25) is 15.9 Å². The van der Waals surface area contributed by atoms with Gasteiger partial charge in [-0.1, -0.05) is 12.8 Å². The summed E-state index contributed by atoms with van der Waals surface area (Å²) in [6, 6.07) is 0.501. The zero-order valence-electron chi connectivity index (χ0n) is 12.8. The maximum absolute atomic E-state index is 12.2. The minimum atomic E-state index is -3.15. The van der Waals surface area contributed by atoms with Gasteiger partial charge < -0.3 is 10.2 Å². The Morgan fingerprint density at radius 3 is 2.57 bits per heavy atom. The van der Waals surface area contributed by atoms with Crippen LogP contribution in [0.4, 0.5) is 0 Å². The zero-order valence-corrected chi connectivity index (χ0v) is 13.6. The fourth-order valence-electron chi connectivity index (χ4n) is 3.20. The van der Waals surface area contributed by atoms with E-state index in [1.54, 1.807) is 0 Å². The number of hydrogen-bond acceptors (Lipinski definition) is 4. The summed E-state index contributed by atoms with van der Waals surface area (Å²) < 4.78 is 24.8. The summed E-state index contributed by atoms with van der Waals surface area (Å²) >= 11 is 0. The molecular weight excluding hydrogens is 290 g/mol. The summed E-state index contributed by atoms with van der Waals surface area (Å²) in [5, 5.41) is 3.35. The minimum absolute atomic E-state index is 0.144. The Kier molecular flexibility index (Phi) is 6.01. The van der Waals surface area contributed by atoms with E-state index in [1.165, 1.54) is 31.9 Å². The molecule has 1 heterocycles. The van der Waals surface area contributed by atoms with E-state index in [1.807, 2.05) is 4.90 Å². The van der Waals surface area contributed by atoms with E-state index in [9.17, 15) is 13.2 Å². The number of carbonyl (C=O) groups excluding carboxylic acids is 1. The van der Waals surface area contributed by atoms with E-state index in [0.717, 1.165) is 19.4 Å². The van der Waals surface area contributed by atoms with Gasteiger partial charge in [-0.05, 0) is 31.6 Å². The molecule has 122 valence electrons. The molecule has 2 fully saturated rings. The molecule has 2 N–H and O–H groups in total. The van der Waals surface area contributed by atoms with E-state index in [2.05, 4.69) is 10.0 Å². The summed E-state index contributed by atoms with van der Waals surface area (Å²) in [5.74, 6) is 0.370. The van der Waals surface area contributed by atoms with Crippen molar-refractivity contribution in [1.82, 2.24) is 14.9 Å². The Labute approximate surface area is 127 Å². The van der Waals surface area contributed by atoms with Crippen molar-refractivity contribution in [2.75, 3.05) is 32.4 Å². The third kappa shape index (κ3) is 5.92. The monoisotopic (exact) mass is 317 g/mol. The molecule has 0 aromatic heterocycles. The van der Waals surface area contributed by atoms with Gasteiger partial charge in [0.15, 0.2) is 0 Å². The molecule has 1 saturated carbocycles. The average Bonchev–Trinajstić information content (AvgIpc) is 2.95. The Hall–Kier alpha value is -0.660. The highest BCUT2D eigenvalue weighted by Crippen LogP contribution is 2.18. The zero-order chi connectivity index (χ0) is 15.3. The van der Waals surface area contributed by atoms with Gasteiger partial charge >= 0.3 is 0 Å². The van der Waals surface area contributed by atoms with Gasteiger partial charge in [0.25, 0.3) is 0 Å². The second-order valence-electron chi connectivity index (χ2n) is 6.33. The number of carbonyl (C=O) groups is 1. The van der Waals surface area contributed by atoms with Crippen LogP contribution >= 0.6 is 0 Å². The van der Waals surface area contributed by atoms with Crippen LogP contribution in [0.5, 0.6) is 0 Å². The second-order valence-corrected chi connectivity index (χ2v) is 8.16. The van der Waals surface area contributed by atoms with E-state index in [4.69, 9.17) is 0 Å². The van der Waals surface area contributed by atoms with Crippen LogP contribution in [0.25, 0.3) is 0 Å². The number of sulfonamides is 1. The Morgan fingerprint density at radius 2 is 1.90 bits per heavy atom. The Bertz CT molecular complexity index is 446. The average molecular weight is 317 g/mol. The summed E-state index contributed by atoms with van der Waals surface area (Å²) in [6.45, 7) is 2.30. The molecule has 0 radical (unpaired) electrons. The maximum Gasteiger partial charge on any atom is 0.236 e. The first-order valence-corrected chi connectivity index (χ1v) is 9.79. The van der Waals surface area contributed by atoms with Crippen molar-refractivity contribution >= 4 is 15.9 Å². The molecule has 1 aliphatic heterocycles. The predicted octanol–water partition coefficient (Wildman–Crippen LogP) is 0.306. The minimum Gasteiger partial charge on any atom is -0.341 e. The van der Waals surface area contributed by atoms with Gasteiger partial charge in [-0.2, -0.15) is 0 Å². The van der Waals surface area contributed by atoms with Crippen molar-refractivity contribution in [3.05, 3.63) is 0 Å². The Balaban J connectivity index is 1.73. The first kappa shape index (κ1) is 16.7. The molecule has 1 saturated heterocycles. The lowest BCUT2D eigenvalue weighted by Gasteiger charge is -2.33. The molecule has 1 amide bonds. The molecule has 0 aromatic rings. The third-order valence-corrected chi connectivity index (χ3v) is 5.09. The van der Waals surface area contributed by atoms with Crippen LogP contribution in [-0.2, 0) is 14.8 Å². The number of piperidine rings is 1. The van der Waals surface area contributed by atoms with Gasteiger partial charge in [-0.3, -0.25) is 4.79 Å². The molecule has 2 aliphatic rings. The summed E-state index contributed by atoms with van der Waals surface area (Å²) in [5.41, 5.74) is 0. The molecule has 1 aliphatic carbocycles. The van der Waals surface area contributed by atoms with Crippen LogP contribution in [0.1, 0.15) is 38.5 Å². The normalized spacial score (nSPS) is 24.4. The van der Waals surface area contributed by atoms with Crippen LogP contribution in [-0.4, -0.2) is 57.7 Å². The second kappa shape index (κ2) is 7.56. The number of likely N-dealkylation sites (tertiary alicyclic amines) is 1. The van der Waals surface area contributed by atoms with Crippen LogP contribution in [0.15, 0.2) is 0 Å². The van der Waals surface area contributed by atoms with Gasteiger partial charge in [-0.15, -0.1) is 0 Å². The quantitative estimate of drug-likeness (QED) is 0.739. The lowest BCUT2D eigenvalue weighted by atomic mass is 9.98. The fraction of sp³-hybridized carbons (Fsp3) is 0.929. The smallest absolute Gasteiger partial charge is 0.236 e. The molecular formula is C14H27N3O3S. The van der Waals surface area contributed by atoms with Crippen molar-refractivity contribution in [2.24, 2.45) is 5.92 Å². The highest BCUT2D eigenvalue weighted by molar-refractivity contribution is 7.88. The number of nitrogens with zero attached hydrogens (tertiary/aromatic N) is 1. The molecule has 21 heavy (non-hydrogen) atoms. The maximum atomic E-state index is 12.2. The SMILES string of the molecule is CS(=O)(=O)NCC1CCCN(C(=O)CNC2CCCC2)C1. The van der Waals surface area contributed by atoms with Crippen LogP contribution in [0, 0.1) is 5.92 Å². The number of hydrogen-bond donors (Lipinski definition) is 2. The topological polar surface area (TPSA) is 78.5 Å². The third-order valence-electron chi connectivity index (χ3n) is 4.40. The lowest BCUT2D eigenvalue weighted by molar-refractivity contribution is -0.132. The van der Waals surface area contributed by atoms with E-state index < -0.39 is 10.0 Å². The van der Waals surface area contributed by atoms with Gasteiger partial charge in [0, 0.05) is 25.7 Å². The van der Waals surface area contributed by atoms with Crippen LogP contribution in [0.2, 0.25) is 0 Å². The molecule has 6 nitrogen and oxygen atoms in total. The molecule has 1 unspecified atom stereocenters. The number of amides is 1. The number of nitrogens with one attached hydrogen (secondary N) is 2. The standard InChI is InChI=1S/C14H27N3O3S/c1-21(19,20)16-9-12-5-4-8-17(11-12)14(18)10-15-13-6-2-3-7-13/h12-13,15-16H,2-11H2,1H3. The Morgan fingerprint density at radius 1 is 1.19 bits per heavy atom. The van der Waals surface area contributed by atoms with Gasteiger partial charge in [0.05, 0.1) is 12.8 Å². The van der Waals surface area contributed by atoms with E-state index in [-0.39, 0.29) is 11.8 Å². The van der Waals surface area contributed by atoms with Crippen LogP contribution < -0.4 is 10.0 Å². The first-order valence-electron chi connectivity index (χ1n) is 7.90. The number of rotatable bonds is 6. The molecule has 0 bridgehead atoms. The molecule has 0 spiro atoms. The molecule has 0 aromatic carbocycles. The van der Waals surface area contributed by atoms with Crippen molar-refractivity contribution in [3.63, 3.8) is 0 Å². The van der Waals surface area contributed by atoms with Crippen molar-refractivity contribution in [3.8, 4) is 0 Å². The molecule has 7 heteroatoms. The first-order chi connectivity index (χ1) is 9.94. The van der Waals surface area contributed by atoms with E-state index >= 15 is 0 Å². The highest BCUT2D eigenvalue weighted by Gasteiger charge is 2.25. The largest absolute Gasteiger partial charge is 0.341 e. The van der Waals surface area contributed by atoms with E-state index in [0.29, 0.717) is 25.7 Å². The van der Waals surface area contributed by atoms with Gasteiger partial charge in [-0.25, -0.2) is 13.1 Å². The van der Waals surface area contributed by atoms with Gasteiger partial charge in [0.1, 0.15) is 0 Å². The molecule has 1 atom stereocenters. The summed E-state index contributed by atoms with van der Waals surface area (Å²) in [4.78, 5) is 14.1. The fourth-order valence-corrected chi connectivity index (χ4v) is 3.74. The van der Waals surface area contributed by atoms with Crippen molar-refractivity contribution in [2.45, 2.75) is 44.6 Å². The summed E-state index contributed by atoms with van der Waals surface area (Å²) in [6.07, 6.45) is 7.96. The van der Waals surface area contributed by atoms with Crippen LogP contribution in [0.3, 0.4) is 0 Å². The molecule has 2 rings (SSSR count). The lowest BCUT2D eigenvalue weighted by Crippen LogP contribution is -2.47. The highest BCUT2D eigenvalue weighted by atomic mass is 32.2. The predicted molar refractivity (Wildman–Crippen MR) is 82.4 cm³/mol. The summed E-state index contributed by atoms with van der Waals surface area (Å²) in [7, 11) is -3.15. The van der Waals surface area contributed by atoms with Crippen molar-refractivity contribution < 1.29 is 13.2 Å². The van der Waals surface area contributed by atoms with Crippen molar-refractivity contribution in [1.29, 1.82) is 0 Å².